The van der Waals surface area contributed by atoms with E-state index in [1.807, 2.05) is 6.07 Å². The summed E-state index contributed by atoms with van der Waals surface area (Å²) in [5.41, 5.74) is 1.13. The number of carbonyl (C=O) groups is 1. The third kappa shape index (κ3) is 6.35. The van der Waals surface area contributed by atoms with Gasteiger partial charge in [0, 0.05) is 47.7 Å². The fourth-order valence-electron chi connectivity index (χ4n) is 5.20. The Morgan fingerprint density at radius 2 is 2.18 bits per heavy atom. The molecule has 2 aliphatic rings. The Labute approximate surface area is 210 Å². The number of aromatic nitrogens is 1. The molecule has 4 rings (SSSR count). The number of fused-ring (bicyclic) bond motifs is 1. The van der Waals surface area contributed by atoms with Crippen molar-refractivity contribution in [2.24, 2.45) is 11.8 Å². The first-order chi connectivity index (χ1) is 16.4. The number of aliphatic carboxylic acids is 1. The predicted molar refractivity (Wildman–Crippen MR) is 137 cm³/mol. The third-order valence-corrected chi connectivity index (χ3v) is 9.06. The van der Waals surface area contributed by atoms with Gasteiger partial charge in [0.15, 0.2) is 0 Å². The van der Waals surface area contributed by atoms with Crippen LogP contribution in [0.1, 0.15) is 56.7 Å². The van der Waals surface area contributed by atoms with E-state index >= 15 is 4.39 Å². The zero-order chi connectivity index (χ0) is 24.1. The highest BCUT2D eigenvalue weighted by molar-refractivity contribution is 7.99. The van der Waals surface area contributed by atoms with E-state index in [1.165, 1.54) is 25.5 Å². The summed E-state index contributed by atoms with van der Waals surface area (Å²) in [6, 6.07) is 5.39. The lowest BCUT2D eigenvalue weighted by molar-refractivity contribution is -0.139. The highest BCUT2D eigenvalue weighted by Crippen LogP contribution is 2.39. The van der Waals surface area contributed by atoms with Gasteiger partial charge in [-0.2, -0.15) is 11.8 Å². The normalized spacial score (nSPS) is 22.4. The minimum absolute atomic E-state index is 0.0527. The molecule has 0 spiro atoms. The van der Waals surface area contributed by atoms with E-state index in [0.717, 1.165) is 37.1 Å². The van der Waals surface area contributed by atoms with E-state index in [-0.39, 0.29) is 18.3 Å². The summed E-state index contributed by atoms with van der Waals surface area (Å²) in [6.07, 6.45) is 6.31. The first-order valence-electron chi connectivity index (χ1n) is 12.3. The van der Waals surface area contributed by atoms with Crippen molar-refractivity contribution in [3.8, 4) is 5.75 Å². The second-order valence-electron chi connectivity index (χ2n) is 9.58. The second kappa shape index (κ2) is 11.9. The Kier molecular flexibility index (Phi) is 8.94. The average Bonchev–Trinajstić information content (AvgIpc) is 2.79. The molecule has 2 aromatic rings. The number of rotatable bonds is 11. The molecule has 2 fully saturated rings. The van der Waals surface area contributed by atoms with Crippen LogP contribution in [0, 0.1) is 11.8 Å². The second-order valence-corrected chi connectivity index (χ2v) is 11.4. The van der Waals surface area contributed by atoms with Crippen molar-refractivity contribution in [3.05, 3.63) is 35.0 Å². The van der Waals surface area contributed by atoms with Gasteiger partial charge < -0.3 is 14.7 Å². The van der Waals surface area contributed by atoms with Gasteiger partial charge in [-0.15, -0.1) is 0 Å². The molecule has 0 bridgehead atoms. The molecule has 0 unspecified atom stereocenters. The van der Waals surface area contributed by atoms with Gasteiger partial charge in [0.05, 0.1) is 17.6 Å². The third-order valence-electron chi connectivity index (χ3n) is 7.40. The molecule has 0 amide bonds. The highest BCUT2D eigenvalue weighted by Gasteiger charge is 2.32. The summed E-state index contributed by atoms with van der Waals surface area (Å²) in [5.74, 6) is 1.23. The maximum atomic E-state index is 15.6. The van der Waals surface area contributed by atoms with Crippen LogP contribution in [0.5, 0.6) is 5.75 Å². The van der Waals surface area contributed by atoms with Crippen molar-refractivity contribution in [1.82, 2.24) is 9.88 Å². The van der Waals surface area contributed by atoms with Crippen molar-refractivity contribution < 1.29 is 19.0 Å². The minimum Gasteiger partial charge on any atom is -0.497 e. The molecule has 0 radical (unpaired) electrons. The van der Waals surface area contributed by atoms with Crippen LogP contribution in [-0.2, 0) is 4.79 Å². The summed E-state index contributed by atoms with van der Waals surface area (Å²) in [6.45, 7) is 2.75. The number of ether oxygens (including phenoxy) is 1. The first kappa shape index (κ1) is 25.5. The number of piperidine rings is 1. The number of halogens is 2. The van der Waals surface area contributed by atoms with Crippen LogP contribution in [0.15, 0.2) is 24.4 Å². The number of methoxy groups -OCH3 is 1. The summed E-state index contributed by atoms with van der Waals surface area (Å²) >= 11 is 8.44. The quantitative estimate of drug-likeness (QED) is 0.379. The summed E-state index contributed by atoms with van der Waals surface area (Å²) in [7, 11) is 1.58. The Morgan fingerprint density at radius 3 is 2.88 bits per heavy atom. The van der Waals surface area contributed by atoms with Gasteiger partial charge in [-0.25, -0.2) is 4.39 Å². The van der Waals surface area contributed by atoms with Crippen LogP contribution in [0.4, 0.5) is 4.39 Å². The van der Waals surface area contributed by atoms with E-state index in [4.69, 9.17) is 16.3 Å². The molecule has 1 aliphatic carbocycles. The first-order valence-corrected chi connectivity index (χ1v) is 13.7. The molecule has 2 heterocycles. The van der Waals surface area contributed by atoms with Gasteiger partial charge in [-0.1, -0.05) is 18.0 Å². The number of hydrogen-bond acceptors (Lipinski definition) is 5. The molecule has 186 valence electrons. The number of pyridine rings is 1. The van der Waals surface area contributed by atoms with Crippen molar-refractivity contribution in [2.75, 3.05) is 32.5 Å². The van der Waals surface area contributed by atoms with Gasteiger partial charge in [0.25, 0.3) is 0 Å². The van der Waals surface area contributed by atoms with E-state index in [9.17, 15) is 9.90 Å². The van der Waals surface area contributed by atoms with Crippen molar-refractivity contribution in [1.29, 1.82) is 0 Å². The fraction of sp³-hybridized carbons (Fsp3) is 0.615. The molecule has 5 nitrogen and oxygen atoms in total. The smallest absolute Gasteiger partial charge is 0.303 e. The fourth-order valence-corrected chi connectivity index (χ4v) is 6.83. The lowest BCUT2D eigenvalue weighted by Gasteiger charge is -2.38. The number of carboxylic acid groups (broad SMARTS) is 1. The summed E-state index contributed by atoms with van der Waals surface area (Å²) < 4.78 is 20.9. The van der Waals surface area contributed by atoms with Gasteiger partial charge >= 0.3 is 5.97 Å². The predicted octanol–water partition coefficient (Wildman–Crippen LogP) is 6.39. The maximum Gasteiger partial charge on any atom is 0.303 e. The number of hydrogen-bond donors (Lipinski definition) is 1. The van der Waals surface area contributed by atoms with Crippen LogP contribution in [-0.4, -0.2) is 58.7 Å². The van der Waals surface area contributed by atoms with Crippen molar-refractivity contribution >= 4 is 40.2 Å². The lowest BCUT2D eigenvalue weighted by Crippen LogP contribution is -2.42. The maximum absolute atomic E-state index is 15.6. The topological polar surface area (TPSA) is 62.7 Å². The molecular weight excluding hydrogens is 475 g/mol. The molecule has 34 heavy (non-hydrogen) atoms. The van der Waals surface area contributed by atoms with Crippen LogP contribution in [0.2, 0.25) is 5.02 Å². The summed E-state index contributed by atoms with van der Waals surface area (Å²) in [4.78, 5) is 18.3. The SMILES string of the molecule is COc1ccc2ncc(Cl)c([C@@H](F)CC[C@@H]3CCN(CCSC4CCC4)C[C@@H]3CC(=O)O)c2c1. The van der Waals surface area contributed by atoms with Crippen LogP contribution >= 0.6 is 23.4 Å². The lowest BCUT2D eigenvalue weighted by atomic mass is 9.79. The molecule has 1 N–H and O–H groups in total. The van der Waals surface area contributed by atoms with E-state index < -0.39 is 12.1 Å². The van der Waals surface area contributed by atoms with Gasteiger partial charge in [-0.05, 0) is 68.7 Å². The van der Waals surface area contributed by atoms with E-state index in [0.29, 0.717) is 40.1 Å². The van der Waals surface area contributed by atoms with E-state index in [2.05, 4.69) is 21.6 Å². The molecule has 3 atom stereocenters. The minimum atomic E-state index is -1.24. The van der Waals surface area contributed by atoms with Gasteiger partial charge in [-0.3, -0.25) is 9.78 Å². The number of alkyl halides is 1. The number of benzene rings is 1. The molecule has 1 saturated carbocycles. The van der Waals surface area contributed by atoms with Gasteiger partial charge in [0.1, 0.15) is 11.9 Å². The average molecular weight is 509 g/mol. The Bertz CT molecular complexity index is 990. The standard InChI is InChI=1S/C26H34ClFN2O3S/c1-33-19-6-8-24-21(14-19)26(22(27)15-29-24)23(28)7-5-17-9-10-30(16-18(17)13-25(31)32)11-12-34-20-3-2-4-20/h6,8,14-15,17-18,20,23H,2-5,7,9-13,16H2,1H3,(H,31,32)/t17-,18+,23+/m1/s1. The van der Waals surface area contributed by atoms with Gasteiger partial charge in [0.2, 0.25) is 0 Å². The molecule has 1 aliphatic heterocycles. The molecule has 8 heteroatoms. The number of likely N-dealkylation sites (tertiary alicyclic amines) is 1. The summed E-state index contributed by atoms with van der Waals surface area (Å²) in [5, 5.41) is 11.3. The number of nitrogens with zero attached hydrogens (tertiary/aromatic N) is 2. The Morgan fingerprint density at radius 1 is 1.35 bits per heavy atom. The number of thioether (sulfide) groups is 1. The van der Waals surface area contributed by atoms with E-state index in [1.54, 1.807) is 19.2 Å². The zero-order valence-corrected chi connectivity index (χ0v) is 21.3. The van der Waals surface area contributed by atoms with Crippen LogP contribution in [0.3, 0.4) is 0 Å². The highest BCUT2D eigenvalue weighted by atomic mass is 35.5. The molecule has 1 aromatic carbocycles. The largest absolute Gasteiger partial charge is 0.497 e. The van der Waals surface area contributed by atoms with Crippen molar-refractivity contribution in [3.63, 3.8) is 0 Å². The Hall–Kier alpha value is -1.57. The molecule has 1 aromatic heterocycles. The Balaban J connectivity index is 1.38. The van der Waals surface area contributed by atoms with Crippen LogP contribution in [0.25, 0.3) is 10.9 Å². The van der Waals surface area contributed by atoms with Crippen molar-refractivity contribution in [2.45, 2.75) is 56.4 Å². The molecule has 1 saturated heterocycles. The monoisotopic (exact) mass is 508 g/mol. The zero-order valence-electron chi connectivity index (χ0n) is 19.7. The molecular formula is C26H34ClFN2O3S. The number of carboxylic acids is 1. The van der Waals surface area contributed by atoms with Crippen LogP contribution < -0.4 is 4.74 Å².